The maximum absolute atomic E-state index is 11.6. The van der Waals surface area contributed by atoms with Crippen molar-refractivity contribution in [2.24, 2.45) is 5.73 Å². The number of fused-ring (bicyclic) bond motifs is 1. The highest BCUT2D eigenvalue weighted by Gasteiger charge is 2.10. The van der Waals surface area contributed by atoms with Crippen molar-refractivity contribution < 1.29 is 4.79 Å². The van der Waals surface area contributed by atoms with Gasteiger partial charge in [-0.05, 0) is 17.7 Å². The Morgan fingerprint density at radius 1 is 1.27 bits per heavy atom. The van der Waals surface area contributed by atoms with Crippen molar-refractivity contribution in [1.29, 1.82) is 0 Å². The van der Waals surface area contributed by atoms with Crippen LogP contribution in [0, 0.1) is 6.07 Å². The molecule has 0 fully saturated rings. The molecule has 75 valence electrons. The van der Waals surface area contributed by atoms with E-state index in [0.717, 1.165) is 10.8 Å². The topological polar surface area (TPSA) is 43.1 Å². The van der Waals surface area contributed by atoms with E-state index in [0.29, 0.717) is 5.56 Å². The predicted molar refractivity (Wildman–Crippen MR) is 60.8 cm³/mol. The first-order chi connectivity index (χ1) is 7.18. The molecule has 2 aromatic carbocycles. The fourth-order valence-corrected chi connectivity index (χ4v) is 1.51. The van der Waals surface area contributed by atoms with Gasteiger partial charge in [0.05, 0.1) is 6.04 Å². The molecule has 0 unspecified atom stereocenters. The summed E-state index contributed by atoms with van der Waals surface area (Å²) in [7, 11) is 0. The Labute approximate surface area is 88.7 Å². The first-order valence-electron chi connectivity index (χ1n) is 4.89. The fourth-order valence-electron chi connectivity index (χ4n) is 1.51. The van der Waals surface area contributed by atoms with E-state index in [1.807, 2.05) is 30.3 Å². The Hall–Kier alpha value is -1.67. The number of carbonyl (C=O) groups excluding carboxylic acids is 1. The summed E-state index contributed by atoms with van der Waals surface area (Å²) in [5.41, 5.74) is 6.10. The van der Waals surface area contributed by atoms with Gasteiger partial charge >= 0.3 is 0 Å². The number of hydrogen-bond acceptors (Lipinski definition) is 2. The molecule has 1 atom stereocenters. The second-order valence-electron chi connectivity index (χ2n) is 3.61. The van der Waals surface area contributed by atoms with Crippen LogP contribution in [-0.4, -0.2) is 11.8 Å². The Kier molecular flexibility index (Phi) is 2.52. The van der Waals surface area contributed by atoms with Crippen molar-refractivity contribution in [1.82, 2.24) is 0 Å². The summed E-state index contributed by atoms with van der Waals surface area (Å²) in [4.78, 5) is 11.6. The predicted octanol–water partition coefficient (Wildman–Crippen LogP) is 2.17. The average molecular weight is 198 g/mol. The van der Waals surface area contributed by atoms with Crippen molar-refractivity contribution in [3.8, 4) is 0 Å². The van der Waals surface area contributed by atoms with Crippen LogP contribution in [0.25, 0.3) is 10.8 Å². The van der Waals surface area contributed by atoms with Gasteiger partial charge in [-0.25, -0.2) is 0 Å². The molecule has 0 aromatic heterocycles. The van der Waals surface area contributed by atoms with Gasteiger partial charge in [0.1, 0.15) is 0 Å². The number of nitrogens with two attached hydrogens (primary N) is 1. The van der Waals surface area contributed by atoms with Crippen LogP contribution in [-0.2, 0) is 0 Å². The van der Waals surface area contributed by atoms with E-state index in [1.165, 1.54) is 0 Å². The lowest BCUT2D eigenvalue weighted by Gasteiger charge is -2.04. The summed E-state index contributed by atoms with van der Waals surface area (Å²) in [6.07, 6.45) is 0. The van der Waals surface area contributed by atoms with Crippen LogP contribution in [0.5, 0.6) is 0 Å². The number of rotatable bonds is 2. The lowest BCUT2D eigenvalue weighted by Crippen LogP contribution is -2.26. The van der Waals surface area contributed by atoms with Gasteiger partial charge in [0.15, 0.2) is 5.78 Å². The maximum atomic E-state index is 11.6. The van der Waals surface area contributed by atoms with Gasteiger partial charge in [-0.1, -0.05) is 36.4 Å². The Bertz CT molecular complexity index is 503. The van der Waals surface area contributed by atoms with Crippen molar-refractivity contribution in [2.45, 2.75) is 13.0 Å². The summed E-state index contributed by atoms with van der Waals surface area (Å²) in [5, 5.41) is 2.03. The van der Waals surface area contributed by atoms with Crippen LogP contribution in [0.3, 0.4) is 0 Å². The fraction of sp³-hybridized carbons (Fsp3) is 0.154. The lowest BCUT2D eigenvalue weighted by molar-refractivity contribution is 0.0968. The van der Waals surface area contributed by atoms with E-state index in [-0.39, 0.29) is 5.78 Å². The van der Waals surface area contributed by atoms with Crippen LogP contribution in [0.15, 0.2) is 36.4 Å². The van der Waals surface area contributed by atoms with E-state index in [1.54, 1.807) is 13.0 Å². The zero-order valence-corrected chi connectivity index (χ0v) is 8.53. The SMILES string of the molecule is C[C@H](N)C(=O)c1[c]c2ccccc2cc1. The molecule has 0 heterocycles. The van der Waals surface area contributed by atoms with Gasteiger partial charge in [-0.15, -0.1) is 0 Å². The molecule has 0 saturated carbocycles. The minimum absolute atomic E-state index is 0.0687. The molecule has 2 heteroatoms. The molecule has 0 bridgehead atoms. The van der Waals surface area contributed by atoms with Crippen LogP contribution < -0.4 is 5.73 Å². The zero-order valence-electron chi connectivity index (χ0n) is 8.53. The number of Topliss-reactive ketones (excluding diaryl/α,β-unsaturated/α-hetero) is 1. The number of hydrogen-bond donors (Lipinski definition) is 1. The molecule has 1 radical (unpaired) electrons. The first-order valence-corrected chi connectivity index (χ1v) is 4.89. The highest BCUT2D eigenvalue weighted by Crippen LogP contribution is 2.15. The van der Waals surface area contributed by atoms with Crippen molar-refractivity contribution in [3.05, 3.63) is 48.0 Å². The normalized spacial score (nSPS) is 12.7. The largest absolute Gasteiger partial charge is 0.321 e. The lowest BCUT2D eigenvalue weighted by atomic mass is 10.0. The quantitative estimate of drug-likeness (QED) is 0.751. The molecule has 2 N–H and O–H groups in total. The Balaban J connectivity index is 2.52. The van der Waals surface area contributed by atoms with E-state index >= 15 is 0 Å². The van der Waals surface area contributed by atoms with Crippen LogP contribution in [0.4, 0.5) is 0 Å². The average Bonchev–Trinajstić information content (AvgIpc) is 2.27. The molecule has 15 heavy (non-hydrogen) atoms. The molecule has 0 aliphatic heterocycles. The molecular formula is C13H12NO. The molecule has 0 amide bonds. The summed E-state index contributed by atoms with van der Waals surface area (Å²) in [6, 6.07) is 14.1. The third kappa shape index (κ3) is 1.90. The summed E-state index contributed by atoms with van der Waals surface area (Å²) < 4.78 is 0. The molecule has 2 aromatic rings. The van der Waals surface area contributed by atoms with Gasteiger partial charge in [-0.3, -0.25) is 4.79 Å². The second kappa shape index (κ2) is 3.83. The number of benzene rings is 2. The monoisotopic (exact) mass is 198 g/mol. The van der Waals surface area contributed by atoms with Crippen LogP contribution >= 0.6 is 0 Å². The van der Waals surface area contributed by atoms with Crippen molar-refractivity contribution in [2.75, 3.05) is 0 Å². The van der Waals surface area contributed by atoms with Gasteiger partial charge in [0.2, 0.25) is 0 Å². The first kappa shape index (κ1) is 9.87. The minimum Gasteiger partial charge on any atom is -0.321 e. The standard InChI is InChI=1S/C13H12NO/c1-9(14)13(15)12-7-6-10-4-2-3-5-11(10)8-12/h2-7,9H,14H2,1H3/t9-/m0/s1. The van der Waals surface area contributed by atoms with Gasteiger partial charge in [-0.2, -0.15) is 0 Å². The molecule has 2 rings (SSSR count). The van der Waals surface area contributed by atoms with Crippen molar-refractivity contribution >= 4 is 16.6 Å². The summed E-state index contributed by atoms with van der Waals surface area (Å²) >= 11 is 0. The highest BCUT2D eigenvalue weighted by atomic mass is 16.1. The number of ketones is 1. The third-order valence-corrected chi connectivity index (χ3v) is 2.34. The molecular weight excluding hydrogens is 186 g/mol. The molecule has 2 nitrogen and oxygen atoms in total. The Morgan fingerprint density at radius 3 is 2.73 bits per heavy atom. The molecule has 0 saturated heterocycles. The second-order valence-corrected chi connectivity index (χ2v) is 3.61. The minimum atomic E-state index is -0.470. The van der Waals surface area contributed by atoms with Gasteiger partial charge in [0.25, 0.3) is 0 Å². The van der Waals surface area contributed by atoms with Crippen LogP contribution in [0.2, 0.25) is 0 Å². The third-order valence-electron chi connectivity index (χ3n) is 2.34. The summed E-state index contributed by atoms with van der Waals surface area (Å²) in [5.74, 6) is -0.0687. The van der Waals surface area contributed by atoms with E-state index in [4.69, 9.17) is 5.73 Å². The number of carbonyl (C=O) groups is 1. The van der Waals surface area contributed by atoms with Gasteiger partial charge in [0, 0.05) is 11.6 Å². The Morgan fingerprint density at radius 2 is 2.00 bits per heavy atom. The molecule has 0 aliphatic rings. The highest BCUT2D eigenvalue weighted by molar-refractivity contribution is 6.02. The zero-order chi connectivity index (χ0) is 10.8. The van der Waals surface area contributed by atoms with E-state index in [2.05, 4.69) is 6.07 Å². The summed E-state index contributed by atoms with van der Waals surface area (Å²) in [6.45, 7) is 1.69. The maximum Gasteiger partial charge on any atom is 0.179 e. The van der Waals surface area contributed by atoms with Crippen LogP contribution in [0.1, 0.15) is 17.3 Å². The van der Waals surface area contributed by atoms with E-state index < -0.39 is 6.04 Å². The molecule has 0 aliphatic carbocycles. The van der Waals surface area contributed by atoms with Gasteiger partial charge < -0.3 is 5.73 Å². The van der Waals surface area contributed by atoms with E-state index in [9.17, 15) is 4.79 Å². The smallest absolute Gasteiger partial charge is 0.179 e. The molecule has 0 spiro atoms. The van der Waals surface area contributed by atoms with Crippen molar-refractivity contribution in [3.63, 3.8) is 0 Å².